The van der Waals surface area contributed by atoms with E-state index >= 15 is 0 Å². The van der Waals surface area contributed by atoms with Gasteiger partial charge in [0.25, 0.3) is 0 Å². The van der Waals surface area contributed by atoms with E-state index in [0.717, 1.165) is 18.6 Å². The van der Waals surface area contributed by atoms with Crippen molar-refractivity contribution in [3.8, 4) is 5.75 Å². The van der Waals surface area contributed by atoms with Crippen LogP contribution in [-0.2, 0) is 11.2 Å². The second kappa shape index (κ2) is 6.83. The molecule has 0 fully saturated rings. The first-order valence-electron chi connectivity index (χ1n) is 5.63. The van der Waals surface area contributed by atoms with Crippen molar-refractivity contribution in [1.82, 2.24) is 0 Å². The second-order valence-corrected chi connectivity index (χ2v) is 3.60. The summed E-state index contributed by atoms with van der Waals surface area (Å²) in [6.45, 7) is 6.10. The Morgan fingerprint density at radius 3 is 3.00 bits per heavy atom. The summed E-state index contributed by atoms with van der Waals surface area (Å²) in [7, 11) is 0. The van der Waals surface area contributed by atoms with Gasteiger partial charge in [-0.2, -0.15) is 0 Å². The van der Waals surface area contributed by atoms with Gasteiger partial charge in [-0.15, -0.1) is 0 Å². The molecule has 0 saturated carbocycles. The zero-order chi connectivity index (χ0) is 11.8. The number of aryl methyl sites for hydroxylation is 1. The van der Waals surface area contributed by atoms with Crippen LogP contribution in [0.5, 0.6) is 5.75 Å². The Morgan fingerprint density at radius 1 is 1.50 bits per heavy atom. The Hall–Kier alpha value is -1.57. The summed E-state index contributed by atoms with van der Waals surface area (Å²) in [5, 5.41) is 0. The van der Waals surface area contributed by atoms with Gasteiger partial charge in [0.2, 0.25) is 0 Å². The summed E-state index contributed by atoms with van der Waals surface area (Å²) < 4.78 is 5.41. The smallest absolute Gasteiger partial charge is 0.155 e. The highest BCUT2D eigenvalue weighted by molar-refractivity contribution is 5.88. The molecule has 0 saturated heterocycles. The van der Waals surface area contributed by atoms with Gasteiger partial charge >= 0.3 is 0 Å². The van der Waals surface area contributed by atoms with Crippen molar-refractivity contribution in [3.05, 3.63) is 42.5 Å². The van der Waals surface area contributed by atoms with Crippen LogP contribution in [0.15, 0.2) is 36.9 Å². The minimum absolute atomic E-state index is 0.112. The summed E-state index contributed by atoms with van der Waals surface area (Å²) in [5.74, 6) is 1.01. The first kappa shape index (κ1) is 12.5. The SMILES string of the molecule is C=CC(=O)CCCc1cccc(OCC)c1. The lowest BCUT2D eigenvalue weighted by atomic mass is 10.1. The largest absolute Gasteiger partial charge is 0.494 e. The zero-order valence-electron chi connectivity index (χ0n) is 9.74. The van der Waals surface area contributed by atoms with Crippen molar-refractivity contribution in [1.29, 1.82) is 0 Å². The number of rotatable bonds is 7. The van der Waals surface area contributed by atoms with E-state index in [4.69, 9.17) is 4.74 Å². The van der Waals surface area contributed by atoms with Crippen LogP contribution in [0.2, 0.25) is 0 Å². The Balaban J connectivity index is 2.44. The van der Waals surface area contributed by atoms with E-state index in [1.807, 2.05) is 25.1 Å². The number of hydrogen-bond acceptors (Lipinski definition) is 2. The summed E-state index contributed by atoms with van der Waals surface area (Å²) in [5.41, 5.74) is 1.21. The third-order valence-electron chi connectivity index (χ3n) is 2.33. The van der Waals surface area contributed by atoms with Crippen LogP contribution in [0.3, 0.4) is 0 Å². The third kappa shape index (κ3) is 4.30. The van der Waals surface area contributed by atoms with Gasteiger partial charge in [-0.1, -0.05) is 18.7 Å². The number of hydrogen-bond donors (Lipinski definition) is 0. The van der Waals surface area contributed by atoms with E-state index in [1.165, 1.54) is 11.6 Å². The molecule has 86 valence electrons. The summed E-state index contributed by atoms with van der Waals surface area (Å²) in [6, 6.07) is 8.01. The lowest BCUT2D eigenvalue weighted by Gasteiger charge is -2.05. The molecule has 0 amide bonds. The maximum atomic E-state index is 11.0. The highest BCUT2D eigenvalue weighted by Crippen LogP contribution is 2.15. The molecule has 2 heteroatoms. The molecule has 0 bridgehead atoms. The van der Waals surface area contributed by atoms with Crippen LogP contribution in [0.1, 0.15) is 25.3 Å². The fourth-order valence-corrected chi connectivity index (χ4v) is 1.53. The van der Waals surface area contributed by atoms with Crippen molar-refractivity contribution < 1.29 is 9.53 Å². The number of ketones is 1. The van der Waals surface area contributed by atoms with Gasteiger partial charge in [0, 0.05) is 6.42 Å². The summed E-state index contributed by atoms with van der Waals surface area (Å²) in [4.78, 5) is 11.0. The quantitative estimate of drug-likeness (QED) is 0.657. The minimum atomic E-state index is 0.112. The first-order valence-corrected chi connectivity index (χ1v) is 5.63. The van der Waals surface area contributed by atoms with Crippen LogP contribution in [0, 0.1) is 0 Å². The average molecular weight is 218 g/mol. The molecule has 0 heterocycles. The standard InChI is InChI=1S/C14H18O2/c1-3-13(15)9-5-7-12-8-6-10-14(11-12)16-4-2/h3,6,8,10-11H,1,4-5,7,9H2,2H3. The molecule has 0 radical (unpaired) electrons. The molecule has 0 aliphatic rings. The molecule has 0 unspecified atom stereocenters. The predicted octanol–water partition coefficient (Wildman–Crippen LogP) is 3.16. The van der Waals surface area contributed by atoms with Crippen LogP contribution >= 0.6 is 0 Å². The average Bonchev–Trinajstić information content (AvgIpc) is 2.30. The number of benzene rings is 1. The molecular weight excluding hydrogens is 200 g/mol. The monoisotopic (exact) mass is 218 g/mol. The van der Waals surface area contributed by atoms with Crippen LogP contribution < -0.4 is 4.74 Å². The lowest BCUT2D eigenvalue weighted by Crippen LogP contribution is -1.95. The highest BCUT2D eigenvalue weighted by atomic mass is 16.5. The first-order chi connectivity index (χ1) is 7.76. The van der Waals surface area contributed by atoms with E-state index in [2.05, 4.69) is 12.6 Å². The molecule has 0 aromatic heterocycles. The van der Waals surface area contributed by atoms with Crippen molar-refractivity contribution >= 4 is 5.78 Å². The zero-order valence-corrected chi connectivity index (χ0v) is 9.74. The third-order valence-corrected chi connectivity index (χ3v) is 2.33. The Morgan fingerprint density at radius 2 is 2.31 bits per heavy atom. The molecule has 2 nitrogen and oxygen atoms in total. The molecule has 1 aromatic carbocycles. The maximum absolute atomic E-state index is 11.0. The fourth-order valence-electron chi connectivity index (χ4n) is 1.53. The fraction of sp³-hybridized carbons (Fsp3) is 0.357. The molecule has 1 rings (SSSR count). The number of ether oxygens (including phenoxy) is 1. The van der Waals surface area contributed by atoms with E-state index in [-0.39, 0.29) is 5.78 Å². The van der Waals surface area contributed by atoms with Crippen molar-refractivity contribution in [2.24, 2.45) is 0 Å². The van der Waals surface area contributed by atoms with Gasteiger partial charge in [-0.05, 0) is 43.5 Å². The minimum Gasteiger partial charge on any atom is -0.494 e. The number of allylic oxidation sites excluding steroid dienone is 1. The maximum Gasteiger partial charge on any atom is 0.155 e. The van der Waals surface area contributed by atoms with Crippen LogP contribution in [-0.4, -0.2) is 12.4 Å². The molecule has 16 heavy (non-hydrogen) atoms. The Labute approximate surface area is 96.9 Å². The summed E-state index contributed by atoms with van der Waals surface area (Å²) in [6.07, 6.45) is 3.72. The Bertz CT molecular complexity index is 356. The second-order valence-electron chi connectivity index (χ2n) is 3.60. The molecule has 0 aliphatic carbocycles. The summed E-state index contributed by atoms with van der Waals surface area (Å²) >= 11 is 0. The van der Waals surface area contributed by atoms with Gasteiger partial charge in [-0.3, -0.25) is 4.79 Å². The van der Waals surface area contributed by atoms with Crippen molar-refractivity contribution in [2.75, 3.05) is 6.61 Å². The van der Waals surface area contributed by atoms with Crippen LogP contribution in [0.25, 0.3) is 0 Å². The highest BCUT2D eigenvalue weighted by Gasteiger charge is 1.99. The van der Waals surface area contributed by atoms with Crippen LogP contribution in [0.4, 0.5) is 0 Å². The van der Waals surface area contributed by atoms with E-state index in [9.17, 15) is 4.79 Å². The molecular formula is C14H18O2. The molecule has 0 aliphatic heterocycles. The topological polar surface area (TPSA) is 26.3 Å². The number of carbonyl (C=O) groups is 1. The van der Waals surface area contributed by atoms with Gasteiger partial charge < -0.3 is 4.74 Å². The molecule has 1 aromatic rings. The number of carbonyl (C=O) groups excluding carboxylic acids is 1. The van der Waals surface area contributed by atoms with Gasteiger partial charge in [-0.25, -0.2) is 0 Å². The van der Waals surface area contributed by atoms with Gasteiger partial charge in [0.05, 0.1) is 6.61 Å². The van der Waals surface area contributed by atoms with E-state index < -0.39 is 0 Å². The normalized spacial score (nSPS) is 9.81. The van der Waals surface area contributed by atoms with E-state index in [1.54, 1.807) is 0 Å². The molecule has 0 spiro atoms. The van der Waals surface area contributed by atoms with E-state index in [0.29, 0.717) is 13.0 Å². The lowest BCUT2D eigenvalue weighted by molar-refractivity contribution is -0.114. The predicted molar refractivity (Wildman–Crippen MR) is 65.8 cm³/mol. The molecule has 0 N–H and O–H groups in total. The molecule has 0 atom stereocenters. The van der Waals surface area contributed by atoms with Gasteiger partial charge in [0.1, 0.15) is 5.75 Å². The Kier molecular flexibility index (Phi) is 5.34. The van der Waals surface area contributed by atoms with Crippen molar-refractivity contribution in [3.63, 3.8) is 0 Å². The van der Waals surface area contributed by atoms with Gasteiger partial charge in [0.15, 0.2) is 5.78 Å². The van der Waals surface area contributed by atoms with Crippen molar-refractivity contribution in [2.45, 2.75) is 26.2 Å².